The molecule has 0 radical (unpaired) electrons. The lowest BCUT2D eigenvalue weighted by Gasteiger charge is -2.46. The largest absolute Gasteiger partial charge is 0.0587 e. The van der Waals surface area contributed by atoms with Crippen LogP contribution in [0.25, 0.3) is 0 Å². The van der Waals surface area contributed by atoms with Crippen LogP contribution in [0.4, 0.5) is 0 Å². The van der Waals surface area contributed by atoms with Gasteiger partial charge < -0.3 is 0 Å². The first kappa shape index (κ1) is 17.3. The highest BCUT2D eigenvalue weighted by molar-refractivity contribution is 5.51. The molecule has 3 rings (SSSR count). The Morgan fingerprint density at radius 1 is 0.667 bits per heavy atom. The van der Waals surface area contributed by atoms with E-state index in [4.69, 9.17) is 0 Å². The highest BCUT2D eigenvalue weighted by atomic mass is 14.5. The molecule has 2 aromatic carbocycles. The molecule has 0 spiro atoms. The Balaban J connectivity index is 2.21. The number of hydrogen-bond donors (Lipinski definition) is 0. The van der Waals surface area contributed by atoms with Crippen LogP contribution in [0.1, 0.15) is 71.7 Å². The molecule has 0 heterocycles. The molecule has 0 amide bonds. The summed E-state index contributed by atoms with van der Waals surface area (Å²) >= 11 is 0. The zero-order valence-electron chi connectivity index (χ0n) is 16.7. The number of benzene rings is 2. The third-order valence-electron chi connectivity index (χ3n) is 6.71. The van der Waals surface area contributed by atoms with Gasteiger partial charge in [0.15, 0.2) is 0 Å². The maximum atomic E-state index is 2.48. The molecular formula is C24H32. The van der Waals surface area contributed by atoms with Crippen LogP contribution in [0.2, 0.25) is 0 Å². The van der Waals surface area contributed by atoms with Gasteiger partial charge in [-0.25, -0.2) is 0 Å². The third-order valence-corrected chi connectivity index (χ3v) is 6.71. The van der Waals surface area contributed by atoms with Crippen molar-refractivity contribution in [2.75, 3.05) is 0 Å². The van der Waals surface area contributed by atoms with E-state index in [2.05, 4.69) is 79.7 Å². The van der Waals surface area contributed by atoms with E-state index in [-0.39, 0.29) is 10.8 Å². The first-order valence-electron chi connectivity index (χ1n) is 9.24. The highest BCUT2D eigenvalue weighted by Gasteiger charge is 2.42. The molecule has 0 aromatic heterocycles. The van der Waals surface area contributed by atoms with Gasteiger partial charge in [0.25, 0.3) is 0 Å². The topological polar surface area (TPSA) is 0 Å². The second-order valence-electron chi connectivity index (χ2n) is 9.01. The normalized spacial score (nSPS) is 22.3. The molecule has 0 heteroatoms. The predicted molar refractivity (Wildman–Crippen MR) is 105 cm³/mol. The second-order valence-corrected chi connectivity index (χ2v) is 9.01. The van der Waals surface area contributed by atoms with Gasteiger partial charge in [-0.2, -0.15) is 0 Å². The molecule has 0 aliphatic heterocycles. The van der Waals surface area contributed by atoms with Gasteiger partial charge in [-0.05, 0) is 103 Å². The van der Waals surface area contributed by atoms with Crippen LogP contribution in [0.3, 0.4) is 0 Å². The first-order chi connectivity index (χ1) is 11.1. The summed E-state index contributed by atoms with van der Waals surface area (Å²) in [7, 11) is 0. The summed E-state index contributed by atoms with van der Waals surface area (Å²) in [6.07, 6.45) is 2.36. The van der Waals surface area contributed by atoms with E-state index in [9.17, 15) is 0 Å². The van der Waals surface area contributed by atoms with Crippen molar-refractivity contribution in [2.45, 2.75) is 79.1 Å². The Kier molecular flexibility index (Phi) is 3.94. The molecule has 128 valence electrons. The molecule has 0 nitrogen and oxygen atoms in total. The maximum absolute atomic E-state index is 2.48. The third kappa shape index (κ3) is 2.51. The van der Waals surface area contributed by atoms with Crippen molar-refractivity contribution in [1.29, 1.82) is 0 Å². The van der Waals surface area contributed by atoms with Crippen molar-refractivity contribution in [3.8, 4) is 0 Å². The zero-order chi connectivity index (χ0) is 17.9. The van der Waals surface area contributed by atoms with Crippen LogP contribution in [-0.4, -0.2) is 0 Å². The summed E-state index contributed by atoms with van der Waals surface area (Å²) in [5.74, 6) is 0. The van der Waals surface area contributed by atoms with E-state index in [0.29, 0.717) is 0 Å². The summed E-state index contributed by atoms with van der Waals surface area (Å²) in [6.45, 7) is 18.7. The molecule has 1 aliphatic carbocycles. The van der Waals surface area contributed by atoms with Crippen LogP contribution in [0, 0.1) is 34.6 Å². The molecule has 1 unspecified atom stereocenters. The molecule has 0 fully saturated rings. The highest BCUT2D eigenvalue weighted by Crippen LogP contribution is 2.49. The molecule has 0 saturated heterocycles. The number of hydrogen-bond acceptors (Lipinski definition) is 0. The van der Waals surface area contributed by atoms with Crippen molar-refractivity contribution in [2.24, 2.45) is 0 Å². The summed E-state index contributed by atoms with van der Waals surface area (Å²) in [5, 5.41) is 0. The molecule has 1 atom stereocenters. The van der Waals surface area contributed by atoms with Crippen molar-refractivity contribution in [3.63, 3.8) is 0 Å². The van der Waals surface area contributed by atoms with Crippen LogP contribution < -0.4 is 0 Å². The zero-order valence-corrected chi connectivity index (χ0v) is 16.7. The maximum Gasteiger partial charge on any atom is -0.00237 e. The minimum Gasteiger partial charge on any atom is -0.0587 e. The van der Waals surface area contributed by atoms with Crippen molar-refractivity contribution >= 4 is 0 Å². The van der Waals surface area contributed by atoms with Gasteiger partial charge in [0.1, 0.15) is 0 Å². The van der Waals surface area contributed by atoms with Gasteiger partial charge in [-0.1, -0.05) is 45.0 Å². The van der Waals surface area contributed by atoms with Gasteiger partial charge in [0.2, 0.25) is 0 Å². The fourth-order valence-corrected chi connectivity index (χ4v) is 5.06. The predicted octanol–water partition coefficient (Wildman–Crippen LogP) is 6.41. The van der Waals surface area contributed by atoms with Crippen LogP contribution in [-0.2, 0) is 17.3 Å². The van der Waals surface area contributed by atoms with Gasteiger partial charge >= 0.3 is 0 Å². The second kappa shape index (κ2) is 5.48. The minimum absolute atomic E-state index is 0.206. The van der Waals surface area contributed by atoms with Gasteiger partial charge in [0, 0.05) is 0 Å². The van der Waals surface area contributed by atoms with Crippen LogP contribution in [0.15, 0.2) is 24.3 Å². The fourth-order valence-electron chi connectivity index (χ4n) is 5.06. The molecule has 0 saturated carbocycles. The van der Waals surface area contributed by atoms with Crippen LogP contribution >= 0.6 is 0 Å². The lowest BCUT2D eigenvalue weighted by Crippen LogP contribution is -2.40. The fraction of sp³-hybridized carbons (Fsp3) is 0.500. The molecule has 1 aliphatic rings. The minimum atomic E-state index is 0.206. The van der Waals surface area contributed by atoms with E-state index >= 15 is 0 Å². The van der Waals surface area contributed by atoms with Crippen molar-refractivity contribution in [3.05, 3.63) is 68.8 Å². The Morgan fingerprint density at radius 2 is 1.21 bits per heavy atom. The standard InChI is InChI=1S/C24H32/c1-15-9-11-21(19(5)17(15)3)24(8)13-20-18(4)16(2)10-12-22(20)23(6,7)14-24/h9-12H,13-14H2,1-8H3. The number of fused-ring (bicyclic) bond motifs is 1. The number of rotatable bonds is 1. The van der Waals surface area contributed by atoms with Gasteiger partial charge in [0.05, 0.1) is 0 Å². The SMILES string of the molecule is Cc1ccc(C2(C)Cc3c(ccc(C)c3C)C(C)(C)C2)c(C)c1C. The summed E-state index contributed by atoms with van der Waals surface area (Å²) in [5.41, 5.74) is 12.4. The van der Waals surface area contributed by atoms with E-state index in [1.165, 1.54) is 34.2 Å². The average molecular weight is 321 g/mol. The Hall–Kier alpha value is -1.56. The first-order valence-corrected chi connectivity index (χ1v) is 9.24. The smallest absolute Gasteiger partial charge is 0.00237 e. The summed E-state index contributed by atoms with van der Waals surface area (Å²) < 4.78 is 0. The molecule has 24 heavy (non-hydrogen) atoms. The lowest BCUT2D eigenvalue weighted by molar-refractivity contribution is 0.294. The van der Waals surface area contributed by atoms with Gasteiger partial charge in [-0.3, -0.25) is 0 Å². The molecule has 2 aromatic rings. The molecule has 0 N–H and O–H groups in total. The Morgan fingerprint density at radius 3 is 1.83 bits per heavy atom. The van der Waals surface area contributed by atoms with Crippen molar-refractivity contribution < 1.29 is 0 Å². The van der Waals surface area contributed by atoms with E-state index in [1.807, 2.05) is 0 Å². The monoisotopic (exact) mass is 320 g/mol. The van der Waals surface area contributed by atoms with E-state index in [0.717, 1.165) is 6.42 Å². The Bertz CT molecular complexity index is 807. The molecule has 0 bridgehead atoms. The van der Waals surface area contributed by atoms with E-state index in [1.54, 1.807) is 16.7 Å². The Labute approximate surface area is 148 Å². The molecular weight excluding hydrogens is 288 g/mol. The van der Waals surface area contributed by atoms with Crippen molar-refractivity contribution in [1.82, 2.24) is 0 Å². The summed E-state index contributed by atoms with van der Waals surface area (Å²) in [6, 6.07) is 9.39. The lowest BCUT2D eigenvalue weighted by atomic mass is 9.58. The summed E-state index contributed by atoms with van der Waals surface area (Å²) in [4.78, 5) is 0. The average Bonchev–Trinajstić information content (AvgIpc) is 2.48. The quantitative estimate of drug-likeness (QED) is 0.569. The van der Waals surface area contributed by atoms with Gasteiger partial charge in [-0.15, -0.1) is 0 Å². The number of aryl methyl sites for hydroxylation is 2. The van der Waals surface area contributed by atoms with E-state index < -0.39 is 0 Å². The van der Waals surface area contributed by atoms with Crippen LogP contribution in [0.5, 0.6) is 0 Å².